The molecule has 164 valence electrons. The maximum Gasteiger partial charge on any atom is 0.282 e. The highest BCUT2D eigenvalue weighted by Crippen LogP contribution is 2.35. The minimum absolute atomic E-state index is 0.0270. The molecule has 0 amide bonds. The van der Waals surface area contributed by atoms with Crippen molar-refractivity contribution in [2.24, 2.45) is 5.10 Å². The highest BCUT2D eigenvalue weighted by molar-refractivity contribution is 9.10. The van der Waals surface area contributed by atoms with Crippen LogP contribution < -0.4 is 10.3 Å². The summed E-state index contributed by atoms with van der Waals surface area (Å²) in [6.45, 7) is 0. The fraction of sp³-hybridized carbons (Fsp3) is 0.0417. The average molecular weight is 525 g/mol. The van der Waals surface area contributed by atoms with E-state index in [0.717, 1.165) is 5.39 Å². The largest absolute Gasteiger partial charge is 0.503 e. The Hall–Kier alpha value is -3.62. The summed E-state index contributed by atoms with van der Waals surface area (Å²) in [6, 6.07) is 17.3. The van der Waals surface area contributed by atoms with Crippen LogP contribution in [0, 0.1) is 0 Å². The van der Waals surface area contributed by atoms with Crippen molar-refractivity contribution in [1.82, 2.24) is 9.66 Å². The molecule has 1 N–H and O–H groups in total. The number of halogens is 2. The Morgan fingerprint density at radius 3 is 2.82 bits per heavy atom. The van der Waals surface area contributed by atoms with Gasteiger partial charge in [0.25, 0.3) is 5.56 Å². The average Bonchev–Trinajstić information content (AvgIpc) is 3.23. The summed E-state index contributed by atoms with van der Waals surface area (Å²) >= 11 is 9.40. The van der Waals surface area contributed by atoms with Gasteiger partial charge in [0.05, 0.1) is 28.7 Å². The molecule has 0 spiro atoms. The molecule has 0 bridgehead atoms. The number of hydrogen-bond donors (Lipinski definition) is 1. The molecule has 0 unspecified atom stereocenters. The van der Waals surface area contributed by atoms with E-state index in [0.29, 0.717) is 37.3 Å². The van der Waals surface area contributed by atoms with Crippen LogP contribution in [-0.2, 0) is 0 Å². The fourth-order valence-electron chi connectivity index (χ4n) is 3.46. The van der Waals surface area contributed by atoms with E-state index in [1.807, 2.05) is 6.07 Å². The molecule has 0 saturated heterocycles. The zero-order valence-corrected chi connectivity index (χ0v) is 19.5. The third-order valence-electron chi connectivity index (χ3n) is 5.05. The Morgan fingerprint density at radius 2 is 2.00 bits per heavy atom. The van der Waals surface area contributed by atoms with Crippen molar-refractivity contribution < 1.29 is 14.3 Å². The molecule has 0 saturated carbocycles. The number of benzene rings is 3. The van der Waals surface area contributed by atoms with E-state index in [9.17, 15) is 9.90 Å². The van der Waals surface area contributed by atoms with Crippen molar-refractivity contribution in [2.75, 3.05) is 7.11 Å². The summed E-state index contributed by atoms with van der Waals surface area (Å²) < 4.78 is 12.8. The number of methoxy groups -OCH3 is 1. The first kappa shape index (κ1) is 21.2. The Morgan fingerprint density at radius 1 is 1.18 bits per heavy atom. The van der Waals surface area contributed by atoms with E-state index in [2.05, 4.69) is 26.0 Å². The molecule has 0 aliphatic heterocycles. The van der Waals surface area contributed by atoms with Crippen LogP contribution in [0.4, 0.5) is 0 Å². The predicted octanol–water partition coefficient (Wildman–Crippen LogP) is 5.82. The lowest BCUT2D eigenvalue weighted by Gasteiger charge is -2.08. The van der Waals surface area contributed by atoms with E-state index in [-0.39, 0.29) is 22.9 Å². The third kappa shape index (κ3) is 3.88. The lowest BCUT2D eigenvalue weighted by molar-refractivity contribution is 0.372. The van der Waals surface area contributed by atoms with E-state index in [4.69, 9.17) is 20.8 Å². The number of para-hydroxylation sites is 1. The number of hydrogen-bond acceptors (Lipinski definition) is 6. The Bertz CT molecular complexity index is 1620. The highest BCUT2D eigenvalue weighted by atomic mass is 79.9. The Kier molecular flexibility index (Phi) is 5.39. The minimum atomic E-state index is -0.352. The number of ether oxygens (including phenoxy) is 1. The van der Waals surface area contributed by atoms with E-state index >= 15 is 0 Å². The third-order valence-corrected chi connectivity index (χ3v) is 5.89. The number of fused-ring (bicyclic) bond motifs is 2. The molecular weight excluding hydrogens is 510 g/mol. The summed E-state index contributed by atoms with van der Waals surface area (Å²) in [7, 11) is 1.45. The van der Waals surface area contributed by atoms with Crippen molar-refractivity contribution in [3.05, 3.63) is 86.1 Å². The standard InChI is InChI=1S/C24H15BrClN3O4/c1-32-20-9-13(8-17(25)22(20)30)12-27-29-23(28-18-5-3-2-4-16(18)24(29)31)21-11-14-10-15(26)6-7-19(14)33-21/h2-12,30H,1H3. The Labute approximate surface area is 200 Å². The first-order chi connectivity index (χ1) is 15.9. The maximum atomic E-state index is 13.3. The van der Waals surface area contributed by atoms with Gasteiger partial charge in [-0.15, -0.1) is 0 Å². The second-order valence-corrected chi connectivity index (χ2v) is 8.45. The molecule has 33 heavy (non-hydrogen) atoms. The summed E-state index contributed by atoms with van der Waals surface area (Å²) in [4.78, 5) is 18.0. The molecule has 5 aromatic rings. The zero-order chi connectivity index (χ0) is 23.1. The van der Waals surface area contributed by atoms with Crippen molar-refractivity contribution in [1.29, 1.82) is 0 Å². The first-order valence-electron chi connectivity index (χ1n) is 9.77. The van der Waals surface area contributed by atoms with Crippen molar-refractivity contribution in [2.45, 2.75) is 0 Å². The van der Waals surface area contributed by atoms with Gasteiger partial charge in [-0.3, -0.25) is 4.79 Å². The smallest absolute Gasteiger partial charge is 0.282 e. The number of furan rings is 1. The topological polar surface area (TPSA) is 89.9 Å². The van der Waals surface area contributed by atoms with Crippen LogP contribution in [0.5, 0.6) is 11.5 Å². The lowest BCUT2D eigenvalue weighted by atomic mass is 10.2. The van der Waals surface area contributed by atoms with Crippen LogP contribution in [0.1, 0.15) is 5.56 Å². The molecule has 0 radical (unpaired) electrons. The van der Waals surface area contributed by atoms with Crippen LogP contribution in [0.15, 0.2) is 79.4 Å². The molecule has 5 rings (SSSR count). The van der Waals surface area contributed by atoms with Crippen LogP contribution in [0.2, 0.25) is 5.02 Å². The van der Waals surface area contributed by atoms with Gasteiger partial charge in [-0.1, -0.05) is 23.7 Å². The highest BCUT2D eigenvalue weighted by Gasteiger charge is 2.17. The van der Waals surface area contributed by atoms with Gasteiger partial charge in [0, 0.05) is 10.4 Å². The summed E-state index contributed by atoms with van der Waals surface area (Å²) in [5.41, 5.74) is 1.38. The van der Waals surface area contributed by atoms with Gasteiger partial charge in [-0.2, -0.15) is 9.78 Å². The van der Waals surface area contributed by atoms with E-state index in [1.165, 1.54) is 18.0 Å². The molecule has 0 aliphatic carbocycles. The molecular formula is C24H15BrClN3O4. The van der Waals surface area contributed by atoms with Crippen molar-refractivity contribution >= 4 is 55.6 Å². The minimum Gasteiger partial charge on any atom is -0.503 e. The van der Waals surface area contributed by atoms with Crippen molar-refractivity contribution in [3.8, 4) is 23.1 Å². The van der Waals surface area contributed by atoms with Crippen LogP contribution >= 0.6 is 27.5 Å². The molecule has 9 heteroatoms. The summed E-state index contributed by atoms with van der Waals surface area (Å²) in [5, 5.41) is 16.2. The number of aromatic hydroxyl groups is 1. The fourth-order valence-corrected chi connectivity index (χ4v) is 4.10. The van der Waals surface area contributed by atoms with Gasteiger partial charge >= 0.3 is 0 Å². The lowest BCUT2D eigenvalue weighted by Crippen LogP contribution is -2.20. The van der Waals surface area contributed by atoms with Gasteiger partial charge in [-0.05, 0) is 70.0 Å². The van der Waals surface area contributed by atoms with Gasteiger partial charge < -0.3 is 14.3 Å². The monoisotopic (exact) mass is 523 g/mol. The molecule has 0 atom stereocenters. The van der Waals surface area contributed by atoms with Crippen molar-refractivity contribution in [3.63, 3.8) is 0 Å². The van der Waals surface area contributed by atoms with Crippen LogP contribution in [0.3, 0.4) is 0 Å². The molecule has 0 fully saturated rings. The van der Waals surface area contributed by atoms with E-state index < -0.39 is 0 Å². The molecule has 3 aromatic carbocycles. The van der Waals surface area contributed by atoms with Gasteiger partial charge in [-0.25, -0.2) is 4.98 Å². The summed E-state index contributed by atoms with van der Waals surface area (Å²) in [6.07, 6.45) is 1.48. The predicted molar refractivity (Wildman–Crippen MR) is 132 cm³/mol. The molecule has 2 heterocycles. The quantitative estimate of drug-likeness (QED) is 0.299. The normalized spacial score (nSPS) is 11.6. The second-order valence-electron chi connectivity index (χ2n) is 7.16. The molecule has 7 nitrogen and oxygen atoms in total. The van der Waals surface area contributed by atoms with Crippen LogP contribution in [-0.4, -0.2) is 28.1 Å². The SMILES string of the molecule is COc1cc(C=Nn2c(-c3cc4cc(Cl)ccc4o3)nc3ccccc3c2=O)cc(Br)c1O. The first-order valence-corrected chi connectivity index (χ1v) is 10.9. The second kappa shape index (κ2) is 8.38. The van der Waals surface area contributed by atoms with Gasteiger partial charge in [0.2, 0.25) is 5.82 Å². The summed E-state index contributed by atoms with van der Waals surface area (Å²) in [5.74, 6) is 0.855. The van der Waals surface area contributed by atoms with E-state index in [1.54, 1.807) is 54.6 Å². The van der Waals surface area contributed by atoms with Gasteiger partial charge in [0.15, 0.2) is 17.3 Å². The molecule has 0 aliphatic rings. The number of aromatic nitrogens is 2. The number of phenols is 1. The maximum absolute atomic E-state index is 13.3. The van der Waals surface area contributed by atoms with Gasteiger partial charge in [0.1, 0.15) is 5.58 Å². The Balaban J connectivity index is 1.72. The molecule has 2 aromatic heterocycles. The van der Waals surface area contributed by atoms with Crippen LogP contribution in [0.25, 0.3) is 33.5 Å². The number of rotatable bonds is 4. The number of nitrogens with zero attached hydrogens (tertiary/aromatic N) is 3. The number of phenolic OH excluding ortho intramolecular Hbond substituents is 1. The zero-order valence-electron chi connectivity index (χ0n) is 17.1.